The summed E-state index contributed by atoms with van der Waals surface area (Å²) < 4.78 is 5.27. The summed E-state index contributed by atoms with van der Waals surface area (Å²) in [5, 5.41) is 11.6. The molecule has 4 heteroatoms. The first-order valence-electron chi connectivity index (χ1n) is 5.67. The first-order chi connectivity index (χ1) is 7.72. The highest BCUT2D eigenvalue weighted by atomic mass is 16.3. The Morgan fingerprint density at radius 1 is 1.75 bits per heavy atom. The summed E-state index contributed by atoms with van der Waals surface area (Å²) in [6.45, 7) is 2.01. The van der Waals surface area contributed by atoms with E-state index in [0.29, 0.717) is 6.42 Å². The van der Waals surface area contributed by atoms with Gasteiger partial charge in [-0.1, -0.05) is 0 Å². The van der Waals surface area contributed by atoms with E-state index in [1.807, 2.05) is 19.1 Å². The zero-order chi connectivity index (χ0) is 11.5. The Hall–Kier alpha value is -1.29. The standard InChI is InChI=1S/C12H17NO3/c1-8(4-5-14)13-12(15)10-7-9(10)11-3-2-6-16-11/h2-3,6,8-10,14H,4-5,7H2,1H3,(H,13,15). The highest BCUT2D eigenvalue weighted by Crippen LogP contribution is 2.47. The van der Waals surface area contributed by atoms with Crippen LogP contribution in [-0.4, -0.2) is 23.7 Å². The molecule has 0 aliphatic heterocycles. The summed E-state index contributed by atoms with van der Waals surface area (Å²) in [5.41, 5.74) is 0. The number of aliphatic hydroxyl groups is 1. The average molecular weight is 223 g/mol. The molecule has 0 radical (unpaired) electrons. The van der Waals surface area contributed by atoms with E-state index in [9.17, 15) is 4.79 Å². The molecule has 0 bridgehead atoms. The number of aliphatic hydroxyl groups excluding tert-OH is 1. The Balaban J connectivity index is 1.81. The van der Waals surface area contributed by atoms with E-state index in [2.05, 4.69) is 5.32 Å². The summed E-state index contributed by atoms with van der Waals surface area (Å²) in [4.78, 5) is 11.8. The predicted molar refractivity (Wildman–Crippen MR) is 58.9 cm³/mol. The number of carbonyl (C=O) groups excluding carboxylic acids is 1. The van der Waals surface area contributed by atoms with Crippen molar-refractivity contribution in [3.8, 4) is 0 Å². The molecule has 1 fully saturated rings. The van der Waals surface area contributed by atoms with E-state index < -0.39 is 0 Å². The molecular weight excluding hydrogens is 206 g/mol. The van der Waals surface area contributed by atoms with Crippen LogP contribution in [0.4, 0.5) is 0 Å². The third kappa shape index (κ3) is 2.44. The Morgan fingerprint density at radius 3 is 3.19 bits per heavy atom. The summed E-state index contributed by atoms with van der Waals surface area (Å²) in [6.07, 6.45) is 3.10. The average Bonchev–Trinajstić information content (AvgIpc) is 2.86. The van der Waals surface area contributed by atoms with Gasteiger partial charge in [0, 0.05) is 24.5 Å². The van der Waals surface area contributed by atoms with Gasteiger partial charge in [0.05, 0.1) is 6.26 Å². The van der Waals surface area contributed by atoms with Gasteiger partial charge < -0.3 is 14.8 Å². The quantitative estimate of drug-likeness (QED) is 0.790. The predicted octanol–water partition coefficient (Wildman–Crippen LogP) is 1.27. The van der Waals surface area contributed by atoms with Crippen LogP contribution in [0.2, 0.25) is 0 Å². The van der Waals surface area contributed by atoms with Gasteiger partial charge >= 0.3 is 0 Å². The number of amides is 1. The maximum atomic E-state index is 11.8. The number of hydrogen-bond acceptors (Lipinski definition) is 3. The van der Waals surface area contributed by atoms with Gasteiger partial charge in [-0.25, -0.2) is 0 Å². The Labute approximate surface area is 94.6 Å². The van der Waals surface area contributed by atoms with Crippen molar-refractivity contribution < 1.29 is 14.3 Å². The molecule has 3 unspecified atom stereocenters. The van der Waals surface area contributed by atoms with E-state index in [0.717, 1.165) is 12.2 Å². The first-order valence-corrected chi connectivity index (χ1v) is 5.67. The first kappa shape index (κ1) is 11.2. The largest absolute Gasteiger partial charge is 0.469 e. The van der Waals surface area contributed by atoms with Gasteiger partial charge in [0.2, 0.25) is 5.91 Å². The SMILES string of the molecule is CC(CCO)NC(=O)C1CC1c1ccco1. The number of nitrogens with one attached hydrogen (secondary N) is 1. The third-order valence-electron chi connectivity index (χ3n) is 2.99. The molecule has 3 atom stereocenters. The molecular formula is C12H17NO3. The Kier molecular flexibility index (Phi) is 3.29. The van der Waals surface area contributed by atoms with Crippen LogP contribution >= 0.6 is 0 Å². The van der Waals surface area contributed by atoms with Crippen LogP contribution in [0.5, 0.6) is 0 Å². The van der Waals surface area contributed by atoms with Gasteiger partial charge in [0.1, 0.15) is 5.76 Å². The molecule has 0 spiro atoms. The highest BCUT2D eigenvalue weighted by Gasteiger charge is 2.45. The van der Waals surface area contributed by atoms with Gasteiger partial charge in [-0.15, -0.1) is 0 Å². The van der Waals surface area contributed by atoms with Gasteiger partial charge in [-0.05, 0) is 31.9 Å². The lowest BCUT2D eigenvalue weighted by molar-refractivity contribution is -0.123. The minimum atomic E-state index is 0.0374. The normalized spacial score (nSPS) is 25.1. The monoisotopic (exact) mass is 223 g/mol. The lowest BCUT2D eigenvalue weighted by Gasteiger charge is -2.11. The van der Waals surface area contributed by atoms with Crippen molar-refractivity contribution in [3.05, 3.63) is 24.2 Å². The van der Waals surface area contributed by atoms with Crippen molar-refractivity contribution in [2.24, 2.45) is 5.92 Å². The van der Waals surface area contributed by atoms with Crippen molar-refractivity contribution in [1.29, 1.82) is 0 Å². The summed E-state index contributed by atoms with van der Waals surface area (Å²) in [7, 11) is 0. The van der Waals surface area contributed by atoms with E-state index in [-0.39, 0.29) is 30.4 Å². The second kappa shape index (κ2) is 4.70. The van der Waals surface area contributed by atoms with Crippen LogP contribution < -0.4 is 5.32 Å². The highest BCUT2D eigenvalue weighted by molar-refractivity contribution is 5.82. The van der Waals surface area contributed by atoms with Crippen molar-refractivity contribution in [2.75, 3.05) is 6.61 Å². The minimum Gasteiger partial charge on any atom is -0.469 e. The molecule has 1 saturated carbocycles. The number of hydrogen-bond donors (Lipinski definition) is 2. The Bertz CT molecular complexity index is 347. The van der Waals surface area contributed by atoms with Crippen molar-refractivity contribution in [3.63, 3.8) is 0 Å². The summed E-state index contributed by atoms with van der Waals surface area (Å²) >= 11 is 0. The Morgan fingerprint density at radius 2 is 2.56 bits per heavy atom. The van der Waals surface area contributed by atoms with Crippen LogP contribution in [0.15, 0.2) is 22.8 Å². The van der Waals surface area contributed by atoms with E-state index in [1.165, 1.54) is 0 Å². The van der Waals surface area contributed by atoms with Crippen LogP contribution in [0.25, 0.3) is 0 Å². The molecule has 2 N–H and O–H groups in total. The number of rotatable bonds is 5. The third-order valence-corrected chi connectivity index (χ3v) is 2.99. The molecule has 1 aliphatic rings. The smallest absolute Gasteiger partial charge is 0.224 e. The molecule has 1 heterocycles. The van der Waals surface area contributed by atoms with Crippen LogP contribution in [0.1, 0.15) is 31.4 Å². The molecule has 0 saturated heterocycles. The molecule has 2 rings (SSSR count). The molecule has 1 aromatic heterocycles. The van der Waals surface area contributed by atoms with Gasteiger partial charge in [-0.3, -0.25) is 4.79 Å². The number of carbonyl (C=O) groups is 1. The maximum Gasteiger partial charge on any atom is 0.224 e. The van der Waals surface area contributed by atoms with Crippen molar-refractivity contribution in [2.45, 2.75) is 31.7 Å². The molecule has 1 aromatic rings. The molecule has 0 aromatic carbocycles. The molecule has 1 aliphatic carbocycles. The van der Waals surface area contributed by atoms with Gasteiger partial charge in [0.15, 0.2) is 0 Å². The maximum absolute atomic E-state index is 11.8. The molecule has 4 nitrogen and oxygen atoms in total. The minimum absolute atomic E-state index is 0.0374. The fourth-order valence-corrected chi connectivity index (χ4v) is 1.92. The summed E-state index contributed by atoms with van der Waals surface area (Å²) in [5.74, 6) is 1.26. The van der Waals surface area contributed by atoms with E-state index in [4.69, 9.17) is 9.52 Å². The summed E-state index contributed by atoms with van der Waals surface area (Å²) in [6, 6.07) is 3.79. The molecule has 16 heavy (non-hydrogen) atoms. The fourth-order valence-electron chi connectivity index (χ4n) is 1.92. The van der Waals surface area contributed by atoms with E-state index in [1.54, 1.807) is 6.26 Å². The second-order valence-electron chi connectivity index (χ2n) is 4.39. The van der Waals surface area contributed by atoms with Crippen molar-refractivity contribution in [1.82, 2.24) is 5.32 Å². The zero-order valence-electron chi connectivity index (χ0n) is 9.35. The molecule has 1 amide bonds. The lowest BCUT2D eigenvalue weighted by Crippen LogP contribution is -2.34. The fraction of sp³-hybridized carbons (Fsp3) is 0.583. The van der Waals surface area contributed by atoms with E-state index >= 15 is 0 Å². The number of furan rings is 1. The molecule has 88 valence electrons. The van der Waals surface area contributed by atoms with Crippen LogP contribution in [-0.2, 0) is 4.79 Å². The van der Waals surface area contributed by atoms with Crippen LogP contribution in [0, 0.1) is 5.92 Å². The van der Waals surface area contributed by atoms with Gasteiger partial charge in [0.25, 0.3) is 0 Å². The topological polar surface area (TPSA) is 62.5 Å². The second-order valence-corrected chi connectivity index (χ2v) is 4.39. The zero-order valence-corrected chi connectivity index (χ0v) is 9.35. The van der Waals surface area contributed by atoms with Crippen molar-refractivity contribution >= 4 is 5.91 Å². The van der Waals surface area contributed by atoms with Crippen LogP contribution in [0.3, 0.4) is 0 Å². The van der Waals surface area contributed by atoms with Gasteiger partial charge in [-0.2, -0.15) is 0 Å². The lowest BCUT2D eigenvalue weighted by atomic mass is 10.2.